The van der Waals surface area contributed by atoms with Gasteiger partial charge < -0.3 is 35.2 Å². The fourth-order valence-corrected chi connectivity index (χ4v) is 2.61. The van der Waals surface area contributed by atoms with Crippen molar-refractivity contribution in [1.29, 1.82) is 0 Å². The molecule has 2 heterocycles. The van der Waals surface area contributed by atoms with Crippen LogP contribution in [-0.4, -0.2) is 87.6 Å². The van der Waals surface area contributed by atoms with Gasteiger partial charge in [0, 0.05) is 7.11 Å². The standard InChI is InChI=1S/C10H18N2O6S/c1-17-5-2-11-10(19)12(5)9-7(16)6(15)8(18-9)4(14)3-13/h4-9,13-16H,2-3H2,1H3,(H,11,19)/t4?,5?,6-,7-,8+,9-/m1/s1. The summed E-state index contributed by atoms with van der Waals surface area (Å²) in [5, 5.41) is 41.5. The molecule has 5 N–H and O–H groups in total. The Kier molecular flexibility index (Phi) is 4.56. The van der Waals surface area contributed by atoms with Gasteiger partial charge in [-0.3, -0.25) is 4.90 Å². The molecule has 0 saturated carbocycles. The van der Waals surface area contributed by atoms with Crippen molar-refractivity contribution in [3.05, 3.63) is 0 Å². The van der Waals surface area contributed by atoms with Gasteiger partial charge in [0.05, 0.1) is 13.2 Å². The average molecular weight is 294 g/mol. The lowest BCUT2D eigenvalue weighted by molar-refractivity contribution is -0.135. The molecular weight excluding hydrogens is 276 g/mol. The molecule has 0 aromatic heterocycles. The normalized spacial score (nSPS) is 40.6. The molecule has 9 heteroatoms. The lowest BCUT2D eigenvalue weighted by atomic mass is 10.1. The second-order valence-electron chi connectivity index (χ2n) is 4.51. The maximum atomic E-state index is 10.0. The molecule has 0 amide bonds. The Morgan fingerprint density at radius 3 is 2.79 bits per heavy atom. The van der Waals surface area contributed by atoms with Crippen LogP contribution in [0.25, 0.3) is 0 Å². The van der Waals surface area contributed by atoms with E-state index >= 15 is 0 Å². The van der Waals surface area contributed by atoms with Crippen molar-refractivity contribution in [2.75, 3.05) is 20.3 Å². The smallest absolute Gasteiger partial charge is 0.173 e. The summed E-state index contributed by atoms with van der Waals surface area (Å²) in [6, 6.07) is 0. The molecule has 19 heavy (non-hydrogen) atoms. The zero-order valence-electron chi connectivity index (χ0n) is 10.3. The van der Waals surface area contributed by atoms with E-state index in [0.29, 0.717) is 11.7 Å². The molecule has 2 unspecified atom stereocenters. The Bertz CT molecular complexity index is 346. The number of ether oxygens (including phenoxy) is 2. The molecule has 0 aromatic rings. The van der Waals surface area contributed by atoms with E-state index in [-0.39, 0.29) is 0 Å². The summed E-state index contributed by atoms with van der Waals surface area (Å²) in [6.45, 7) is -0.136. The summed E-state index contributed by atoms with van der Waals surface area (Å²) in [6.07, 6.45) is -6.29. The highest BCUT2D eigenvalue weighted by Crippen LogP contribution is 2.29. The summed E-state index contributed by atoms with van der Waals surface area (Å²) in [4.78, 5) is 1.49. The Labute approximate surface area is 115 Å². The predicted molar refractivity (Wildman–Crippen MR) is 67.0 cm³/mol. The van der Waals surface area contributed by atoms with Gasteiger partial charge in [0.2, 0.25) is 0 Å². The van der Waals surface area contributed by atoms with Crippen molar-refractivity contribution in [2.45, 2.75) is 36.9 Å². The number of methoxy groups -OCH3 is 1. The van der Waals surface area contributed by atoms with E-state index in [4.69, 9.17) is 26.8 Å². The fraction of sp³-hybridized carbons (Fsp3) is 0.900. The van der Waals surface area contributed by atoms with Crippen LogP contribution in [0.1, 0.15) is 0 Å². The molecule has 2 aliphatic heterocycles. The van der Waals surface area contributed by atoms with Crippen molar-refractivity contribution in [3.8, 4) is 0 Å². The summed E-state index contributed by atoms with van der Waals surface area (Å²) in [5.41, 5.74) is 0. The molecule has 110 valence electrons. The van der Waals surface area contributed by atoms with E-state index in [0.717, 1.165) is 0 Å². The minimum Gasteiger partial charge on any atom is -0.394 e. The average Bonchev–Trinajstić information content (AvgIpc) is 2.91. The maximum Gasteiger partial charge on any atom is 0.173 e. The Morgan fingerprint density at radius 2 is 2.21 bits per heavy atom. The summed E-state index contributed by atoms with van der Waals surface area (Å²) in [5.74, 6) is 0. The number of nitrogens with one attached hydrogen (secondary N) is 1. The van der Waals surface area contributed by atoms with Crippen LogP contribution in [0.4, 0.5) is 0 Å². The van der Waals surface area contributed by atoms with Crippen molar-refractivity contribution in [2.24, 2.45) is 0 Å². The fourth-order valence-electron chi connectivity index (χ4n) is 2.31. The third kappa shape index (κ3) is 2.55. The third-order valence-corrected chi connectivity index (χ3v) is 3.72. The number of nitrogens with zero attached hydrogens (tertiary/aromatic N) is 1. The first-order valence-electron chi connectivity index (χ1n) is 5.90. The largest absolute Gasteiger partial charge is 0.394 e. The third-order valence-electron chi connectivity index (χ3n) is 3.36. The molecule has 2 saturated heterocycles. The van der Waals surface area contributed by atoms with Crippen LogP contribution >= 0.6 is 12.2 Å². The van der Waals surface area contributed by atoms with Crippen LogP contribution in [0.5, 0.6) is 0 Å². The van der Waals surface area contributed by atoms with Crippen LogP contribution in [-0.2, 0) is 9.47 Å². The van der Waals surface area contributed by atoms with E-state index in [2.05, 4.69) is 5.32 Å². The van der Waals surface area contributed by atoms with Gasteiger partial charge in [-0.2, -0.15) is 0 Å². The van der Waals surface area contributed by atoms with Crippen molar-refractivity contribution >= 4 is 17.3 Å². The molecule has 0 bridgehead atoms. The van der Waals surface area contributed by atoms with Gasteiger partial charge in [-0.05, 0) is 12.2 Å². The molecule has 0 radical (unpaired) electrons. The second kappa shape index (κ2) is 5.83. The molecule has 8 nitrogen and oxygen atoms in total. The molecule has 0 aliphatic carbocycles. The first-order chi connectivity index (χ1) is 9.01. The Hall–Kier alpha value is -0.550. The molecule has 6 atom stereocenters. The molecule has 2 aliphatic rings. The number of hydrogen-bond acceptors (Lipinski definition) is 7. The van der Waals surface area contributed by atoms with E-state index in [1.807, 2.05) is 0 Å². The van der Waals surface area contributed by atoms with E-state index < -0.39 is 43.5 Å². The number of hydrogen-bond donors (Lipinski definition) is 5. The lowest BCUT2D eigenvalue weighted by Gasteiger charge is -2.31. The predicted octanol–water partition coefficient (Wildman–Crippen LogP) is -3.05. The SMILES string of the molecule is COC1CNC(=S)N1[C@@H]1O[C@@H](C(O)CO)[C@H](O)[C@H]1O. The lowest BCUT2D eigenvalue weighted by Crippen LogP contribution is -2.49. The van der Waals surface area contributed by atoms with Crippen LogP contribution in [0.15, 0.2) is 0 Å². The number of thiocarbonyl (C=S) groups is 1. The minimum atomic E-state index is -1.31. The molecule has 0 spiro atoms. The quantitative estimate of drug-likeness (QED) is 0.345. The summed E-state index contributed by atoms with van der Waals surface area (Å²) >= 11 is 5.09. The first-order valence-corrected chi connectivity index (χ1v) is 6.31. The number of aliphatic hydroxyl groups excluding tert-OH is 4. The zero-order chi connectivity index (χ0) is 14.2. The number of aliphatic hydroxyl groups is 4. The van der Waals surface area contributed by atoms with Gasteiger partial charge in [0.25, 0.3) is 0 Å². The van der Waals surface area contributed by atoms with Crippen LogP contribution in [0, 0.1) is 0 Å². The topological polar surface area (TPSA) is 115 Å². The van der Waals surface area contributed by atoms with Gasteiger partial charge in [0.1, 0.15) is 24.4 Å². The van der Waals surface area contributed by atoms with Crippen molar-refractivity contribution in [3.63, 3.8) is 0 Å². The first kappa shape index (κ1) is 14.9. The molecule has 2 fully saturated rings. The molecule has 2 rings (SSSR count). The van der Waals surface area contributed by atoms with Crippen LogP contribution in [0.2, 0.25) is 0 Å². The van der Waals surface area contributed by atoms with Crippen molar-refractivity contribution in [1.82, 2.24) is 10.2 Å². The Balaban J connectivity index is 2.14. The highest BCUT2D eigenvalue weighted by Gasteiger charge is 2.51. The molecule has 0 aromatic carbocycles. The highest BCUT2D eigenvalue weighted by molar-refractivity contribution is 7.80. The van der Waals surface area contributed by atoms with E-state index in [1.165, 1.54) is 12.0 Å². The summed E-state index contributed by atoms with van der Waals surface area (Å²) < 4.78 is 10.6. The monoisotopic (exact) mass is 294 g/mol. The zero-order valence-corrected chi connectivity index (χ0v) is 11.2. The highest BCUT2D eigenvalue weighted by atomic mass is 32.1. The minimum absolute atomic E-state index is 0.335. The maximum absolute atomic E-state index is 10.0. The van der Waals surface area contributed by atoms with Crippen molar-refractivity contribution < 1.29 is 29.9 Å². The van der Waals surface area contributed by atoms with Gasteiger partial charge >= 0.3 is 0 Å². The van der Waals surface area contributed by atoms with E-state index in [1.54, 1.807) is 0 Å². The van der Waals surface area contributed by atoms with Gasteiger partial charge in [-0.25, -0.2) is 0 Å². The van der Waals surface area contributed by atoms with Gasteiger partial charge in [0.15, 0.2) is 17.6 Å². The van der Waals surface area contributed by atoms with Gasteiger partial charge in [-0.15, -0.1) is 0 Å². The van der Waals surface area contributed by atoms with Crippen LogP contribution < -0.4 is 5.32 Å². The van der Waals surface area contributed by atoms with E-state index in [9.17, 15) is 15.3 Å². The van der Waals surface area contributed by atoms with Gasteiger partial charge in [-0.1, -0.05) is 0 Å². The Morgan fingerprint density at radius 1 is 1.53 bits per heavy atom. The summed E-state index contributed by atoms with van der Waals surface area (Å²) in [7, 11) is 1.49. The van der Waals surface area contributed by atoms with Crippen LogP contribution in [0.3, 0.4) is 0 Å². The number of rotatable bonds is 4. The second-order valence-corrected chi connectivity index (χ2v) is 4.89. The molecular formula is C10H18N2O6S.